The third-order valence-corrected chi connectivity index (χ3v) is 4.34. The molecule has 19 heavy (non-hydrogen) atoms. The number of nitrogens with one attached hydrogen (secondary N) is 1. The number of carboxylic acid groups (broad SMARTS) is 1. The van der Waals surface area contributed by atoms with E-state index in [1.807, 2.05) is 6.92 Å². The standard InChI is InChI=1S/C15H18BrNO2/c1-4-8(2)10-5-12-11(7-14(18)19)9(3)17-15(12)13(16)6-10/h5-6,8,17H,4,7H2,1-3H3,(H,18,19). The third-order valence-electron chi connectivity index (χ3n) is 3.71. The SMILES string of the molecule is CCC(C)c1cc(Br)c2[nH]c(C)c(CC(=O)O)c2c1. The molecule has 0 saturated carbocycles. The molecule has 1 aromatic heterocycles. The van der Waals surface area contributed by atoms with E-state index >= 15 is 0 Å². The number of aromatic nitrogens is 1. The monoisotopic (exact) mass is 323 g/mol. The molecule has 1 heterocycles. The molecule has 0 fully saturated rings. The maximum absolute atomic E-state index is 11.0. The van der Waals surface area contributed by atoms with Gasteiger partial charge in [-0.3, -0.25) is 4.79 Å². The smallest absolute Gasteiger partial charge is 0.307 e. The molecule has 0 spiro atoms. The Morgan fingerprint density at radius 2 is 2.16 bits per heavy atom. The molecule has 0 aliphatic rings. The van der Waals surface area contributed by atoms with E-state index in [0.29, 0.717) is 5.92 Å². The van der Waals surface area contributed by atoms with Crippen molar-refractivity contribution in [3.8, 4) is 0 Å². The zero-order valence-electron chi connectivity index (χ0n) is 11.4. The molecule has 2 aromatic rings. The lowest BCUT2D eigenvalue weighted by atomic mass is 9.96. The molecule has 1 aromatic carbocycles. The van der Waals surface area contributed by atoms with Crippen molar-refractivity contribution in [1.29, 1.82) is 0 Å². The summed E-state index contributed by atoms with van der Waals surface area (Å²) in [4.78, 5) is 14.3. The summed E-state index contributed by atoms with van der Waals surface area (Å²) in [5.41, 5.74) is 4.04. The number of carboxylic acids is 1. The lowest BCUT2D eigenvalue weighted by molar-refractivity contribution is -0.136. The zero-order valence-corrected chi connectivity index (χ0v) is 13.0. The predicted molar refractivity (Wildman–Crippen MR) is 80.8 cm³/mol. The van der Waals surface area contributed by atoms with E-state index in [1.54, 1.807) is 0 Å². The van der Waals surface area contributed by atoms with Crippen LogP contribution in [0.15, 0.2) is 16.6 Å². The topological polar surface area (TPSA) is 53.1 Å². The molecule has 4 heteroatoms. The molecule has 102 valence electrons. The Bertz CT molecular complexity index is 631. The molecule has 1 unspecified atom stereocenters. The van der Waals surface area contributed by atoms with E-state index < -0.39 is 5.97 Å². The van der Waals surface area contributed by atoms with Crippen molar-refractivity contribution in [2.75, 3.05) is 0 Å². The van der Waals surface area contributed by atoms with Crippen LogP contribution in [0.2, 0.25) is 0 Å². The summed E-state index contributed by atoms with van der Waals surface area (Å²) in [7, 11) is 0. The first-order valence-electron chi connectivity index (χ1n) is 6.46. The molecule has 2 rings (SSSR count). The van der Waals surface area contributed by atoms with Crippen LogP contribution in [-0.2, 0) is 11.2 Å². The molecular formula is C15H18BrNO2. The molecule has 1 atom stereocenters. The van der Waals surface area contributed by atoms with Crippen molar-refractivity contribution in [2.24, 2.45) is 0 Å². The molecule has 0 amide bonds. The maximum atomic E-state index is 11.0. The van der Waals surface area contributed by atoms with Crippen LogP contribution < -0.4 is 0 Å². The van der Waals surface area contributed by atoms with Gasteiger partial charge in [0.05, 0.1) is 11.9 Å². The van der Waals surface area contributed by atoms with Crippen LogP contribution in [0.5, 0.6) is 0 Å². The second kappa shape index (κ2) is 5.37. The summed E-state index contributed by atoms with van der Waals surface area (Å²) in [6.45, 7) is 6.26. The largest absolute Gasteiger partial charge is 0.481 e. The molecule has 3 nitrogen and oxygen atoms in total. The van der Waals surface area contributed by atoms with Gasteiger partial charge in [0.15, 0.2) is 0 Å². The molecule has 0 aliphatic carbocycles. The summed E-state index contributed by atoms with van der Waals surface area (Å²) in [6, 6.07) is 4.24. The number of carbonyl (C=O) groups is 1. The minimum Gasteiger partial charge on any atom is -0.481 e. The quantitative estimate of drug-likeness (QED) is 0.877. The Kier molecular flexibility index (Phi) is 3.99. The Morgan fingerprint density at radius 3 is 2.74 bits per heavy atom. The lowest BCUT2D eigenvalue weighted by Gasteiger charge is -2.10. The number of aliphatic carboxylic acids is 1. The average molecular weight is 324 g/mol. The maximum Gasteiger partial charge on any atom is 0.307 e. The number of hydrogen-bond acceptors (Lipinski definition) is 1. The third kappa shape index (κ3) is 2.68. The van der Waals surface area contributed by atoms with Crippen molar-refractivity contribution in [2.45, 2.75) is 39.5 Å². The van der Waals surface area contributed by atoms with Gasteiger partial charge in [0, 0.05) is 15.6 Å². The molecule has 0 radical (unpaired) electrons. The van der Waals surface area contributed by atoms with Crippen molar-refractivity contribution in [1.82, 2.24) is 4.98 Å². The van der Waals surface area contributed by atoms with Crippen LogP contribution in [0.4, 0.5) is 0 Å². The first kappa shape index (κ1) is 14.1. The summed E-state index contributed by atoms with van der Waals surface area (Å²) < 4.78 is 1.00. The highest BCUT2D eigenvalue weighted by molar-refractivity contribution is 9.10. The number of halogens is 1. The van der Waals surface area contributed by atoms with E-state index in [4.69, 9.17) is 5.11 Å². The first-order chi connectivity index (χ1) is 8.93. The van der Waals surface area contributed by atoms with E-state index in [1.165, 1.54) is 5.56 Å². The molecule has 0 bridgehead atoms. The van der Waals surface area contributed by atoms with Gasteiger partial charge in [-0.25, -0.2) is 0 Å². The second-order valence-corrected chi connectivity index (χ2v) is 5.89. The van der Waals surface area contributed by atoms with Crippen LogP contribution >= 0.6 is 15.9 Å². The number of aromatic amines is 1. The number of aryl methyl sites for hydroxylation is 1. The van der Waals surface area contributed by atoms with Gasteiger partial charge in [-0.1, -0.05) is 13.8 Å². The van der Waals surface area contributed by atoms with E-state index in [2.05, 4.69) is 46.9 Å². The van der Waals surface area contributed by atoms with Crippen molar-refractivity contribution in [3.05, 3.63) is 33.4 Å². The first-order valence-corrected chi connectivity index (χ1v) is 7.25. The number of rotatable bonds is 4. The fourth-order valence-electron chi connectivity index (χ4n) is 2.36. The van der Waals surface area contributed by atoms with Crippen molar-refractivity contribution >= 4 is 32.8 Å². The van der Waals surface area contributed by atoms with Crippen molar-refractivity contribution in [3.63, 3.8) is 0 Å². The van der Waals surface area contributed by atoms with Crippen LogP contribution in [-0.4, -0.2) is 16.1 Å². The minimum absolute atomic E-state index is 0.0578. The van der Waals surface area contributed by atoms with Gasteiger partial charge in [-0.2, -0.15) is 0 Å². The number of benzene rings is 1. The summed E-state index contributed by atoms with van der Waals surface area (Å²) in [6.07, 6.45) is 1.12. The van der Waals surface area contributed by atoms with Gasteiger partial charge in [0.2, 0.25) is 0 Å². The van der Waals surface area contributed by atoms with Crippen LogP contribution in [0.3, 0.4) is 0 Å². The molecule has 0 aliphatic heterocycles. The number of fused-ring (bicyclic) bond motifs is 1. The van der Waals surface area contributed by atoms with Crippen molar-refractivity contribution < 1.29 is 9.90 Å². The van der Waals surface area contributed by atoms with E-state index in [9.17, 15) is 4.79 Å². The fraction of sp³-hybridized carbons (Fsp3) is 0.400. The number of hydrogen-bond donors (Lipinski definition) is 2. The van der Waals surface area contributed by atoms with Crippen LogP contribution in [0.25, 0.3) is 10.9 Å². The lowest BCUT2D eigenvalue weighted by Crippen LogP contribution is -2.01. The van der Waals surface area contributed by atoms with Gasteiger partial charge in [0.1, 0.15) is 0 Å². The Labute approximate surface area is 121 Å². The Hall–Kier alpha value is -1.29. The molecular weight excluding hydrogens is 306 g/mol. The van der Waals surface area contributed by atoms with Gasteiger partial charge in [-0.15, -0.1) is 0 Å². The summed E-state index contributed by atoms with van der Waals surface area (Å²) in [5, 5.41) is 10.1. The fourth-order valence-corrected chi connectivity index (χ4v) is 2.93. The summed E-state index contributed by atoms with van der Waals surface area (Å²) in [5.74, 6) is -0.331. The Morgan fingerprint density at radius 1 is 1.47 bits per heavy atom. The second-order valence-electron chi connectivity index (χ2n) is 5.03. The highest BCUT2D eigenvalue weighted by Crippen LogP contribution is 2.33. The molecule has 0 saturated heterocycles. The van der Waals surface area contributed by atoms with Crippen LogP contribution in [0, 0.1) is 6.92 Å². The highest BCUT2D eigenvalue weighted by Gasteiger charge is 2.16. The zero-order chi connectivity index (χ0) is 14.2. The molecule has 2 N–H and O–H groups in total. The minimum atomic E-state index is -0.797. The van der Waals surface area contributed by atoms with Crippen LogP contribution in [0.1, 0.15) is 43.0 Å². The normalized spacial score (nSPS) is 12.8. The van der Waals surface area contributed by atoms with Gasteiger partial charge < -0.3 is 10.1 Å². The highest BCUT2D eigenvalue weighted by atomic mass is 79.9. The van der Waals surface area contributed by atoms with Gasteiger partial charge >= 0.3 is 5.97 Å². The average Bonchev–Trinajstić information content (AvgIpc) is 2.66. The Balaban J connectivity index is 2.66. The van der Waals surface area contributed by atoms with Gasteiger partial charge in [-0.05, 0) is 58.5 Å². The van der Waals surface area contributed by atoms with Gasteiger partial charge in [0.25, 0.3) is 0 Å². The predicted octanol–water partition coefficient (Wildman–Crippen LogP) is 4.38. The van der Waals surface area contributed by atoms with E-state index in [0.717, 1.165) is 33.1 Å². The number of H-pyrrole nitrogens is 1. The van der Waals surface area contributed by atoms with E-state index in [-0.39, 0.29) is 6.42 Å². The summed E-state index contributed by atoms with van der Waals surface area (Å²) >= 11 is 3.58.